The molecule has 0 bridgehead atoms. The number of ether oxygens (including phenoxy) is 1. The fourth-order valence-corrected chi connectivity index (χ4v) is 3.00. The van der Waals surface area contributed by atoms with Crippen molar-refractivity contribution in [3.05, 3.63) is 21.9 Å². The lowest BCUT2D eigenvalue weighted by molar-refractivity contribution is 0.347. The molecular weight excluding hydrogens is 289 g/mol. The maximum absolute atomic E-state index is 13.9. The molecule has 3 nitrogen and oxygen atoms in total. The van der Waals surface area contributed by atoms with Crippen LogP contribution in [-0.2, 0) is 5.54 Å². The third kappa shape index (κ3) is 2.02. The zero-order valence-electron chi connectivity index (χ0n) is 9.59. The first-order valence-electron chi connectivity index (χ1n) is 5.54. The molecule has 1 aromatic rings. The Morgan fingerprint density at radius 2 is 2.06 bits per heavy atom. The number of rotatable bonds is 2. The van der Waals surface area contributed by atoms with Crippen LogP contribution in [-0.4, -0.2) is 12.2 Å². The summed E-state index contributed by atoms with van der Waals surface area (Å²) in [7, 11) is 1.36. The standard InChI is InChI=1S/C12H15BrFNO2/c1-17-11-8(13)6-7(10(16)9(11)14)12(15)4-2-3-5-12/h6,16H,2-5,15H2,1H3. The predicted octanol–water partition coefficient (Wildman–Crippen LogP) is 3.03. The highest BCUT2D eigenvalue weighted by atomic mass is 79.9. The first-order chi connectivity index (χ1) is 7.99. The van der Waals surface area contributed by atoms with Gasteiger partial charge in [0.05, 0.1) is 11.6 Å². The van der Waals surface area contributed by atoms with Gasteiger partial charge in [-0.1, -0.05) is 12.8 Å². The van der Waals surface area contributed by atoms with Crippen molar-refractivity contribution in [1.29, 1.82) is 0 Å². The summed E-state index contributed by atoms with van der Waals surface area (Å²) in [5.74, 6) is -1.14. The van der Waals surface area contributed by atoms with Gasteiger partial charge in [-0.15, -0.1) is 0 Å². The van der Waals surface area contributed by atoms with E-state index in [1.165, 1.54) is 7.11 Å². The van der Waals surface area contributed by atoms with Crippen LogP contribution in [0.1, 0.15) is 31.2 Å². The van der Waals surface area contributed by atoms with Crippen molar-refractivity contribution in [1.82, 2.24) is 0 Å². The Morgan fingerprint density at radius 3 is 2.59 bits per heavy atom. The molecule has 0 heterocycles. The summed E-state index contributed by atoms with van der Waals surface area (Å²) >= 11 is 3.23. The topological polar surface area (TPSA) is 55.5 Å². The Morgan fingerprint density at radius 1 is 1.47 bits per heavy atom. The Bertz CT molecular complexity index is 445. The zero-order chi connectivity index (χ0) is 12.6. The lowest BCUT2D eigenvalue weighted by Crippen LogP contribution is -2.33. The minimum atomic E-state index is -0.756. The highest BCUT2D eigenvalue weighted by Gasteiger charge is 2.35. The number of hydrogen-bond donors (Lipinski definition) is 2. The van der Waals surface area contributed by atoms with Gasteiger partial charge in [0.25, 0.3) is 0 Å². The van der Waals surface area contributed by atoms with Crippen LogP contribution in [0.15, 0.2) is 10.5 Å². The second kappa shape index (κ2) is 4.46. The molecule has 94 valence electrons. The highest BCUT2D eigenvalue weighted by molar-refractivity contribution is 9.10. The number of methoxy groups -OCH3 is 1. The SMILES string of the molecule is COc1c(Br)cc(C2(N)CCCC2)c(O)c1F. The molecule has 0 radical (unpaired) electrons. The average Bonchev–Trinajstić information content (AvgIpc) is 2.72. The van der Waals surface area contributed by atoms with Gasteiger partial charge in [-0.2, -0.15) is 4.39 Å². The molecule has 0 unspecified atom stereocenters. The van der Waals surface area contributed by atoms with E-state index in [9.17, 15) is 9.50 Å². The van der Waals surface area contributed by atoms with E-state index in [1.54, 1.807) is 6.07 Å². The number of aromatic hydroxyl groups is 1. The Hall–Kier alpha value is -0.810. The largest absolute Gasteiger partial charge is 0.504 e. The summed E-state index contributed by atoms with van der Waals surface area (Å²) in [6.45, 7) is 0. The highest BCUT2D eigenvalue weighted by Crippen LogP contribution is 2.45. The quantitative estimate of drug-likeness (QED) is 0.883. The molecule has 2 rings (SSSR count). The van der Waals surface area contributed by atoms with E-state index >= 15 is 0 Å². The second-order valence-electron chi connectivity index (χ2n) is 4.47. The molecule has 0 aromatic heterocycles. The molecule has 5 heteroatoms. The molecule has 1 aromatic carbocycles. The maximum atomic E-state index is 13.9. The fraction of sp³-hybridized carbons (Fsp3) is 0.500. The Labute approximate surface area is 108 Å². The van der Waals surface area contributed by atoms with Crippen LogP contribution in [0.5, 0.6) is 11.5 Å². The van der Waals surface area contributed by atoms with Gasteiger partial charge in [0, 0.05) is 11.1 Å². The Balaban J connectivity index is 2.56. The minimum Gasteiger partial charge on any atom is -0.504 e. The Kier molecular flexibility index (Phi) is 3.32. The number of benzene rings is 1. The van der Waals surface area contributed by atoms with Crippen molar-refractivity contribution in [2.45, 2.75) is 31.2 Å². The van der Waals surface area contributed by atoms with Crippen LogP contribution >= 0.6 is 15.9 Å². The van der Waals surface area contributed by atoms with Crippen molar-refractivity contribution in [2.75, 3.05) is 7.11 Å². The number of hydrogen-bond acceptors (Lipinski definition) is 3. The third-order valence-corrected chi connectivity index (χ3v) is 3.98. The molecule has 17 heavy (non-hydrogen) atoms. The van der Waals surface area contributed by atoms with Gasteiger partial charge in [0.2, 0.25) is 5.82 Å². The number of halogens is 2. The number of nitrogens with two attached hydrogens (primary N) is 1. The van der Waals surface area contributed by atoms with Gasteiger partial charge in [0.15, 0.2) is 11.5 Å². The summed E-state index contributed by atoms with van der Waals surface area (Å²) in [4.78, 5) is 0. The van der Waals surface area contributed by atoms with Gasteiger partial charge in [-0.25, -0.2) is 0 Å². The molecule has 1 saturated carbocycles. The predicted molar refractivity (Wildman–Crippen MR) is 66.7 cm³/mol. The number of phenols is 1. The lowest BCUT2D eigenvalue weighted by atomic mass is 9.88. The third-order valence-electron chi connectivity index (χ3n) is 3.39. The summed E-state index contributed by atoms with van der Waals surface area (Å²) in [5, 5.41) is 9.90. The van der Waals surface area contributed by atoms with E-state index in [0.717, 1.165) is 25.7 Å². The molecule has 0 atom stereocenters. The van der Waals surface area contributed by atoms with Crippen LogP contribution in [0.25, 0.3) is 0 Å². The van der Waals surface area contributed by atoms with Crippen molar-refractivity contribution in [2.24, 2.45) is 5.73 Å². The van der Waals surface area contributed by atoms with E-state index in [4.69, 9.17) is 10.5 Å². The molecule has 1 aliphatic rings. The summed E-state index contributed by atoms with van der Waals surface area (Å²) in [5.41, 5.74) is 6.06. The van der Waals surface area contributed by atoms with E-state index in [2.05, 4.69) is 15.9 Å². The van der Waals surface area contributed by atoms with E-state index in [-0.39, 0.29) is 5.75 Å². The molecule has 0 amide bonds. The molecule has 1 fully saturated rings. The molecule has 0 aliphatic heterocycles. The molecule has 0 spiro atoms. The zero-order valence-corrected chi connectivity index (χ0v) is 11.2. The van der Waals surface area contributed by atoms with Gasteiger partial charge >= 0.3 is 0 Å². The van der Waals surface area contributed by atoms with E-state index in [0.29, 0.717) is 10.0 Å². The van der Waals surface area contributed by atoms with Gasteiger partial charge < -0.3 is 15.6 Å². The lowest BCUT2D eigenvalue weighted by Gasteiger charge is -2.26. The number of phenolic OH excluding ortho intramolecular Hbond substituents is 1. The van der Waals surface area contributed by atoms with E-state index < -0.39 is 17.1 Å². The first kappa shape index (κ1) is 12.6. The maximum Gasteiger partial charge on any atom is 0.208 e. The summed E-state index contributed by atoms with van der Waals surface area (Å²) in [6, 6.07) is 1.66. The molecule has 1 aliphatic carbocycles. The monoisotopic (exact) mass is 303 g/mol. The second-order valence-corrected chi connectivity index (χ2v) is 5.32. The van der Waals surface area contributed by atoms with Gasteiger partial charge in [-0.05, 0) is 34.8 Å². The van der Waals surface area contributed by atoms with Crippen molar-refractivity contribution < 1.29 is 14.2 Å². The van der Waals surface area contributed by atoms with Crippen LogP contribution < -0.4 is 10.5 Å². The minimum absolute atomic E-state index is 0.00727. The van der Waals surface area contributed by atoms with E-state index in [1.807, 2.05) is 0 Å². The van der Waals surface area contributed by atoms with Crippen LogP contribution in [0, 0.1) is 5.82 Å². The molecular formula is C12H15BrFNO2. The fourth-order valence-electron chi connectivity index (χ4n) is 2.43. The van der Waals surface area contributed by atoms with Crippen LogP contribution in [0.3, 0.4) is 0 Å². The van der Waals surface area contributed by atoms with Crippen molar-refractivity contribution in [3.8, 4) is 11.5 Å². The summed E-state index contributed by atoms with van der Waals surface area (Å²) < 4.78 is 19.2. The first-order valence-corrected chi connectivity index (χ1v) is 6.33. The molecule has 0 saturated heterocycles. The van der Waals surface area contributed by atoms with Crippen LogP contribution in [0.4, 0.5) is 4.39 Å². The average molecular weight is 304 g/mol. The smallest absolute Gasteiger partial charge is 0.208 e. The van der Waals surface area contributed by atoms with Crippen molar-refractivity contribution in [3.63, 3.8) is 0 Å². The summed E-state index contributed by atoms with van der Waals surface area (Å²) in [6.07, 6.45) is 3.53. The molecule has 3 N–H and O–H groups in total. The van der Waals surface area contributed by atoms with Gasteiger partial charge in [0.1, 0.15) is 0 Å². The van der Waals surface area contributed by atoms with Gasteiger partial charge in [-0.3, -0.25) is 0 Å². The normalized spacial score (nSPS) is 18.4. The van der Waals surface area contributed by atoms with Crippen molar-refractivity contribution >= 4 is 15.9 Å². The van der Waals surface area contributed by atoms with Crippen LogP contribution in [0.2, 0.25) is 0 Å².